The van der Waals surface area contributed by atoms with Crippen molar-refractivity contribution < 1.29 is 19.8 Å². The molecular formula is C14H29NO4. The van der Waals surface area contributed by atoms with Crippen LogP contribution in [0.1, 0.15) is 71.1 Å². The van der Waals surface area contributed by atoms with Crippen LogP contribution in [0.15, 0.2) is 0 Å². The number of rotatable bonds is 10. The molecule has 0 atom stereocenters. The van der Waals surface area contributed by atoms with Crippen LogP contribution in [0.25, 0.3) is 0 Å². The molecule has 5 heteroatoms. The normalized spacial score (nSPS) is 9.58. The summed E-state index contributed by atoms with van der Waals surface area (Å²) in [6, 6.07) is 0. The zero-order valence-electron chi connectivity index (χ0n) is 12.1. The number of carboxylic acid groups (broad SMARTS) is 2. The summed E-state index contributed by atoms with van der Waals surface area (Å²) in [7, 11) is 0. The van der Waals surface area contributed by atoms with E-state index in [0.717, 1.165) is 6.54 Å². The number of hydrogen-bond donors (Lipinski definition) is 3. The number of hydrogen-bond acceptors (Lipinski definition) is 3. The highest BCUT2D eigenvalue weighted by Gasteiger charge is 2.04. The second-order valence-electron chi connectivity index (χ2n) is 4.58. The Morgan fingerprint density at radius 2 is 1.05 bits per heavy atom. The van der Waals surface area contributed by atoms with Gasteiger partial charge in [0.1, 0.15) is 0 Å². The van der Waals surface area contributed by atoms with Crippen molar-refractivity contribution in [2.45, 2.75) is 71.1 Å². The van der Waals surface area contributed by atoms with Gasteiger partial charge in [-0.2, -0.15) is 0 Å². The molecule has 0 bridgehead atoms. The van der Waals surface area contributed by atoms with Crippen LogP contribution in [-0.2, 0) is 9.59 Å². The largest absolute Gasteiger partial charge is 0.473 e. The predicted octanol–water partition coefficient (Wildman–Crippen LogP) is 3.02. The standard InChI is InChI=1S/C12H27N.C2H2O4/c1-2-3-4-5-6-7-8-9-10-11-12-13;3-1(4)2(5)6/h2-13H2,1H3;(H,3,4)(H,5,6). The van der Waals surface area contributed by atoms with Gasteiger partial charge in [0.15, 0.2) is 0 Å². The molecule has 0 saturated carbocycles. The highest BCUT2D eigenvalue weighted by Crippen LogP contribution is 2.09. The predicted molar refractivity (Wildman–Crippen MR) is 76.2 cm³/mol. The van der Waals surface area contributed by atoms with Crippen LogP contribution in [0.2, 0.25) is 0 Å². The van der Waals surface area contributed by atoms with Crippen molar-refractivity contribution in [3.63, 3.8) is 0 Å². The van der Waals surface area contributed by atoms with Gasteiger partial charge in [0.05, 0.1) is 0 Å². The lowest BCUT2D eigenvalue weighted by atomic mass is 10.1. The van der Waals surface area contributed by atoms with E-state index in [2.05, 4.69) is 6.92 Å². The third-order valence-corrected chi connectivity index (χ3v) is 2.74. The van der Waals surface area contributed by atoms with Gasteiger partial charge in [-0.3, -0.25) is 0 Å². The van der Waals surface area contributed by atoms with Crippen LogP contribution < -0.4 is 5.73 Å². The lowest BCUT2D eigenvalue weighted by Gasteiger charge is -2.00. The van der Waals surface area contributed by atoms with Gasteiger partial charge in [-0.15, -0.1) is 0 Å². The Hall–Kier alpha value is -1.10. The van der Waals surface area contributed by atoms with E-state index in [-0.39, 0.29) is 0 Å². The molecule has 0 aromatic heterocycles. The van der Waals surface area contributed by atoms with Crippen molar-refractivity contribution in [3.8, 4) is 0 Å². The summed E-state index contributed by atoms with van der Waals surface area (Å²) < 4.78 is 0. The summed E-state index contributed by atoms with van der Waals surface area (Å²) in [5.41, 5.74) is 5.42. The average Bonchev–Trinajstić information content (AvgIpc) is 2.37. The number of carboxylic acids is 2. The van der Waals surface area contributed by atoms with E-state index in [0.29, 0.717) is 0 Å². The Morgan fingerprint density at radius 3 is 1.32 bits per heavy atom. The number of unbranched alkanes of at least 4 members (excludes halogenated alkanes) is 9. The summed E-state index contributed by atoms with van der Waals surface area (Å²) in [5.74, 6) is -3.65. The van der Waals surface area contributed by atoms with Gasteiger partial charge in [-0.05, 0) is 13.0 Å². The molecule has 0 amide bonds. The van der Waals surface area contributed by atoms with Gasteiger partial charge in [-0.25, -0.2) is 9.59 Å². The molecule has 0 fully saturated rings. The molecule has 19 heavy (non-hydrogen) atoms. The van der Waals surface area contributed by atoms with Crippen molar-refractivity contribution in [1.82, 2.24) is 0 Å². The summed E-state index contributed by atoms with van der Waals surface area (Å²) in [5, 5.41) is 14.8. The number of nitrogens with two attached hydrogens (primary N) is 1. The second kappa shape index (κ2) is 16.9. The van der Waals surface area contributed by atoms with E-state index in [1.54, 1.807) is 0 Å². The highest BCUT2D eigenvalue weighted by molar-refractivity contribution is 6.27. The van der Waals surface area contributed by atoms with Crippen LogP contribution in [0.3, 0.4) is 0 Å². The number of carbonyl (C=O) groups is 2. The summed E-state index contributed by atoms with van der Waals surface area (Å²) in [6.45, 7) is 3.14. The lowest BCUT2D eigenvalue weighted by molar-refractivity contribution is -0.159. The first-order chi connectivity index (χ1) is 9.06. The van der Waals surface area contributed by atoms with Crippen molar-refractivity contribution in [2.75, 3.05) is 6.54 Å². The van der Waals surface area contributed by atoms with Crippen molar-refractivity contribution in [2.24, 2.45) is 5.73 Å². The molecule has 0 aliphatic heterocycles. The quantitative estimate of drug-likeness (QED) is 0.420. The van der Waals surface area contributed by atoms with Crippen LogP contribution in [-0.4, -0.2) is 28.7 Å². The molecule has 114 valence electrons. The molecule has 5 nitrogen and oxygen atoms in total. The molecule has 0 saturated heterocycles. The molecule has 0 spiro atoms. The topological polar surface area (TPSA) is 101 Å². The maximum absolute atomic E-state index is 9.10. The fraction of sp³-hybridized carbons (Fsp3) is 0.857. The zero-order chi connectivity index (χ0) is 14.9. The first-order valence-corrected chi connectivity index (χ1v) is 7.22. The van der Waals surface area contributed by atoms with Gasteiger partial charge >= 0.3 is 11.9 Å². The molecule has 4 N–H and O–H groups in total. The van der Waals surface area contributed by atoms with Crippen LogP contribution in [0.5, 0.6) is 0 Å². The highest BCUT2D eigenvalue weighted by atomic mass is 16.4. The molecular weight excluding hydrogens is 246 g/mol. The van der Waals surface area contributed by atoms with E-state index in [9.17, 15) is 0 Å². The van der Waals surface area contributed by atoms with Gasteiger partial charge in [0, 0.05) is 0 Å². The smallest absolute Gasteiger partial charge is 0.414 e. The Bertz CT molecular complexity index is 197. The fourth-order valence-electron chi connectivity index (χ4n) is 1.63. The molecule has 0 aliphatic carbocycles. The molecule has 0 aliphatic rings. The summed E-state index contributed by atoms with van der Waals surface area (Å²) >= 11 is 0. The zero-order valence-corrected chi connectivity index (χ0v) is 12.1. The molecule has 0 aromatic carbocycles. The summed E-state index contributed by atoms with van der Waals surface area (Å²) in [4.78, 5) is 18.2. The monoisotopic (exact) mass is 275 g/mol. The maximum Gasteiger partial charge on any atom is 0.414 e. The lowest BCUT2D eigenvalue weighted by Crippen LogP contribution is -2.09. The van der Waals surface area contributed by atoms with Gasteiger partial charge in [0.25, 0.3) is 0 Å². The average molecular weight is 275 g/mol. The molecule has 0 unspecified atom stereocenters. The minimum absolute atomic E-state index is 0.872. The Kier molecular flexibility index (Phi) is 18.0. The SMILES string of the molecule is CCCCCCCCCCCCN.O=C(O)C(=O)O. The molecule has 0 heterocycles. The van der Waals surface area contributed by atoms with Gasteiger partial charge < -0.3 is 15.9 Å². The second-order valence-corrected chi connectivity index (χ2v) is 4.58. The Morgan fingerprint density at radius 1 is 0.737 bits per heavy atom. The van der Waals surface area contributed by atoms with Crippen LogP contribution >= 0.6 is 0 Å². The third kappa shape index (κ3) is 22.5. The van der Waals surface area contributed by atoms with Gasteiger partial charge in [-0.1, -0.05) is 64.7 Å². The van der Waals surface area contributed by atoms with E-state index in [1.807, 2.05) is 0 Å². The summed E-state index contributed by atoms with van der Waals surface area (Å²) in [6.07, 6.45) is 13.9. The van der Waals surface area contributed by atoms with Crippen molar-refractivity contribution in [3.05, 3.63) is 0 Å². The minimum atomic E-state index is -1.82. The molecule has 0 aromatic rings. The number of aliphatic carboxylic acids is 2. The molecule has 0 rings (SSSR count). The maximum atomic E-state index is 9.10. The fourth-order valence-corrected chi connectivity index (χ4v) is 1.63. The Labute approximate surface area is 116 Å². The van der Waals surface area contributed by atoms with Gasteiger partial charge in [0.2, 0.25) is 0 Å². The molecule has 0 radical (unpaired) electrons. The van der Waals surface area contributed by atoms with Crippen molar-refractivity contribution >= 4 is 11.9 Å². The van der Waals surface area contributed by atoms with E-state index < -0.39 is 11.9 Å². The van der Waals surface area contributed by atoms with Crippen molar-refractivity contribution in [1.29, 1.82) is 0 Å². The third-order valence-electron chi connectivity index (χ3n) is 2.74. The van der Waals surface area contributed by atoms with Crippen LogP contribution in [0.4, 0.5) is 0 Å². The van der Waals surface area contributed by atoms with E-state index in [4.69, 9.17) is 25.5 Å². The Balaban J connectivity index is 0. The first-order valence-electron chi connectivity index (χ1n) is 7.22. The van der Waals surface area contributed by atoms with Crippen LogP contribution in [0, 0.1) is 0 Å². The minimum Gasteiger partial charge on any atom is -0.473 e. The van der Waals surface area contributed by atoms with E-state index in [1.165, 1.54) is 64.2 Å². The first kappa shape index (κ1) is 20.2. The van der Waals surface area contributed by atoms with E-state index >= 15 is 0 Å².